The highest BCUT2D eigenvalue weighted by atomic mass is 35.5. The molecule has 2 fully saturated rings. The zero-order valence-corrected chi connectivity index (χ0v) is 12.4. The highest BCUT2D eigenvalue weighted by Gasteiger charge is 2.34. The van der Waals surface area contributed by atoms with Gasteiger partial charge in [0.05, 0.1) is 12.0 Å². The second-order valence-electron chi connectivity index (χ2n) is 5.61. The minimum Gasteiger partial charge on any atom is -0.347 e. The Balaban J connectivity index is 0.00000180. The van der Waals surface area contributed by atoms with Crippen LogP contribution < -0.4 is 10.6 Å². The van der Waals surface area contributed by atoms with E-state index < -0.39 is 0 Å². The fraction of sp³-hybridized carbons (Fsp3) is 0.846. The zero-order valence-electron chi connectivity index (χ0n) is 11.5. The Labute approximate surface area is 120 Å². The molecule has 1 atom stereocenters. The van der Waals surface area contributed by atoms with Gasteiger partial charge in [0.25, 0.3) is 0 Å². The topological polar surface area (TPSA) is 61.4 Å². The van der Waals surface area contributed by atoms with Gasteiger partial charge in [0, 0.05) is 19.6 Å². The number of piperidine rings is 1. The second-order valence-corrected chi connectivity index (χ2v) is 5.61. The predicted octanol–water partition coefficient (Wildman–Crippen LogP) is 0.536. The third-order valence-electron chi connectivity index (χ3n) is 4.00. The maximum atomic E-state index is 12.1. The van der Waals surface area contributed by atoms with Crippen LogP contribution in [0.25, 0.3) is 0 Å². The largest absolute Gasteiger partial charge is 0.347 e. The number of amides is 2. The molecule has 110 valence electrons. The molecule has 1 unspecified atom stereocenters. The average molecular weight is 290 g/mol. The van der Waals surface area contributed by atoms with Gasteiger partial charge in [-0.2, -0.15) is 0 Å². The van der Waals surface area contributed by atoms with Gasteiger partial charge in [-0.3, -0.25) is 9.59 Å². The maximum absolute atomic E-state index is 12.1. The standard InChI is InChI=1S/C13H23N3O2.ClH/c1-13(5-4-6-14-10-13)12(18)15-9-11(17)16-7-2-3-8-16;/h14H,2-10H2,1H3,(H,15,18);1H. The monoisotopic (exact) mass is 289 g/mol. The quantitative estimate of drug-likeness (QED) is 0.797. The van der Waals surface area contributed by atoms with Crippen LogP contribution in [-0.4, -0.2) is 49.4 Å². The van der Waals surface area contributed by atoms with Crippen molar-refractivity contribution >= 4 is 24.2 Å². The van der Waals surface area contributed by atoms with Crippen molar-refractivity contribution in [1.29, 1.82) is 0 Å². The van der Waals surface area contributed by atoms with Gasteiger partial charge in [0.1, 0.15) is 0 Å². The van der Waals surface area contributed by atoms with Crippen LogP contribution in [0.4, 0.5) is 0 Å². The first-order chi connectivity index (χ1) is 8.62. The lowest BCUT2D eigenvalue weighted by molar-refractivity contribution is -0.136. The van der Waals surface area contributed by atoms with Gasteiger partial charge in [0.15, 0.2) is 0 Å². The van der Waals surface area contributed by atoms with Crippen molar-refractivity contribution in [1.82, 2.24) is 15.5 Å². The lowest BCUT2D eigenvalue weighted by Gasteiger charge is -2.32. The van der Waals surface area contributed by atoms with Gasteiger partial charge in [-0.15, -0.1) is 12.4 Å². The van der Waals surface area contributed by atoms with E-state index in [4.69, 9.17) is 0 Å². The molecule has 6 heteroatoms. The molecule has 0 spiro atoms. The zero-order chi connectivity index (χ0) is 13.0. The van der Waals surface area contributed by atoms with Gasteiger partial charge in [-0.05, 0) is 39.2 Å². The van der Waals surface area contributed by atoms with Gasteiger partial charge < -0.3 is 15.5 Å². The molecule has 0 bridgehead atoms. The summed E-state index contributed by atoms with van der Waals surface area (Å²) in [7, 11) is 0. The summed E-state index contributed by atoms with van der Waals surface area (Å²) in [5, 5.41) is 6.04. The molecule has 0 saturated carbocycles. The average Bonchev–Trinajstić information content (AvgIpc) is 2.90. The van der Waals surface area contributed by atoms with Crippen molar-refractivity contribution in [2.24, 2.45) is 5.41 Å². The molecule has 2 rings (SSSR count). The summed E-state index contributed by atoms with van der Waals surface area (Å²) in [6.45, 7) is 5.48. The van der Waals surface area contributed by atoms with Crippen LogP contribution in [0.5, 0.6) is 0 Å². The van der Waals surface area contributed by atoms with Crippen LogP contribution in [0, 0.1) is 5.41 Å². The fourth-order valence-corrected chi connectivity index (χ4v) is 2.70. The first kappa shape index (κ1) is 16.2. The molecule has 2 N–H and O–H groups in total. The summed E-state index contributed by atoms with van der Waals surface area (Å²) in [5.74, 6) is 0.0514. The Bertz CT molecular complexity index is 324. The van der Waals surface area contributed by atoms with Crippen LogP contribution in [0.2, 0.25) is 0 Å². The van der Waals surface area contributed by atoms with E-state index in [2.05, 4.69) is 10.6 Å². The molecular weight excluding hydrogens is 266 g/mol. The van der Waals surface area contributed by atoms with Crippen LogP contribution >= 0.6 is 12.4 Å². The molecule has 5 nitrogen and oxygen atoms in total. The number of carbonyl (C=O) groups excluding carboxylic acids is 2. The molecule has 0 aliphatic carbocycles. The van der Waals surface area contributed by atoms with Crippen LogP contribution in [0.3, 0.4) is 0 Å². The fourth-order valence-electron chi connectivity index (χ4n) is 2.70. The lowest BCUT2D eigenvalue weighted by Crippen LogP contribution is -2.50. The minimum absolute atomic E-state index is 0. The van der Waals surface area contributed by atoms with E-state index >= 15 is 0 Å². The van der Waals surface area contributed by atoms with Crippen LogP contribution in [-0.2, 0) is 9.59 Å². The van der Waals surface area contributed by atoms with Crippen LogP contribution in [0.15, 0.2) is 0 Å². The normalized spacial score (nSPS) is 26.7. The van der Waals surface area contributed by atoms with E-state index in [0.29, 0.717) is 6.54 Å². The van der Waals surface area contributed by atoms with Crippen LogP contribution in [0.1, 0.15) is 32.6 Å². The van der Waals surface area contributed by atoms with E-state index in [0.717, 1.165) is 45.3 Å². The third-order valence-corrected chi connectivity index (χ3v) is 4.00. The summed E-state index contributed by atoms with van der Waals surface area (Å²) in [4.78, 5) is 25.8. The number of halogens is 1. The lowest BCUT2D eigenvalue weighted by atomic mass is 9.82. The molecule has 2 aliphatic heterocycles. The number of nitrogens with zero attached hydrogens (tertiary/aromatic N) is 1. The molecule has 0 aromatic heterocycles. The van der Waals surface area contributed by atoms with Crippen molar-refractivity contribution in [3.05, 3.63) is 0 Å². The molecule has 19 heavy (non-hydrogen) atoms. The Hall–Kier alpha value is -0.810. The summed E-state index contributed by atoms with van der Waals surface area (Å²) in [6.07, 6.45) is 4.08. The molecular formula is C13H24ClN3O2. The molecule has 2 heterocycles. The number of likely N-dealkylation sites (tertiary alicyclic amines) is 1. The van der Waals surface area contributed by atoms with Crippen molar-refractivity contribution in [3.63, 3.8) is 0 Å². The minimum atomic E-state index is -0.358. The molecule has 2 aliphatic rings. The van der Waals surface area contributed by atoms with E-state index in [1.165, 1.54) is 0 Å². The second kappa shape index (κ2) is 7.10. The Morgan fingerprint density at radius 3 is 2.53 bits per heavy atom. The number of hydrogen-bond acceptors (Lipinski definition) is 3. The van der Waals surface area contributed by atoms with E-state index in [-0.39, 0.29) is 36.2 Å². The van der Waals surface area contributed by atoms with Crippen molar-refractivity contribution in [2.75, 3.05) is 32.7 Å². The molecule has 2 saturated heterocycles. The van der Waals surface area contributed by atoms with E-state index in [9.17, 15) is 9.59 Å². The summed E-state index contributed by atoms with van der Waals surface area (Å²) < 4.78 is 0. The van der Waals surface area contributed by atoms with E-state index in [1.807, 2.05) is 11.8 Å². The van der Waals surface area contributed by atoms with Crippen molar-refractivity contribution in [3.8, 4) is 0 Å². The van der Waals surface area contributed by atoms with Gasteiger partial charge >= 0.3 is 0 Å². The maximum Gasteiger partial charge on any atom is 0.241 e. The Kier molecular flexibility index (Phi) is 6.07. The predicted molar refractivity (Wildman–Crippen MR) is 76.3 cm³/mol. The first-order valence-corrected chi connectivity index (χ1v) is 6.89. The first-order valence-electron chi connectivity index (χ1n) is 6.89. The number of carbonyl (C=O) groups is 2. The summed E-state index contributed by atoms with van der Waals surface area (Å²) in [6, 6.07) is 0. The Morgan fingerprint density at radius 2 is 1.95 bits per heavy atom. The highest BCUT2D eigenvalue weighted by molar-refractivity contribution is 5.88. The number of hydrogen-bond donors (Lipinski definition) is 2. The smallest absolute Gasteiger partial charge is 0.241 e. The van der Waals surface area contributed by atoms with E-state index in [1.54, 1.807) is 0 Å². The summed E-state index contributed by atoms with van der Waals surface area (Å²) in [5.41, 5.74) is -0.358. The van der Waals surface area contributed by atoms with Crippen molar-refractivity contribution < 1.29 is 9.59 Å². The van der Waals surface area contributed by atoms with Gasteiger partial charge in [-0.25, -0.2) is 0 Å². The number of rotatable bonds is 3. The van der Waals surface area contributed by atoms with Crippen molar-refractivity contribution in [2.45, 2.75) is 32.6 Å². The number of nitrogens with one attached hydrogen (secondary N) is 2. The third kappa shape index (κ3) is 4.08. The molecule has 0 aromatic rings. The molecule has 0 radical (unpaired) electrons. The summed E-state index contributed by atoms with van der Waals surface area (Å²) >= 11 is 0. The Morgan fingerprint density at radius 1 is 1.26 bits per heavy atom. The SMILES string of the molecule is CC1(C(=O)NCC(=O)N2CCCC2)CCCNC1.Cl. The highest BCUT2D eigenvalue weighted by Crippen LogP contribution is 2.25. The van der Waals surface area contributed by atoms with Gasteiger partial charge in [0.2, 0.25) is 11.8 Å². The van der Waals surface area contributed by atoms with Gasteiger partial charge in [-0.1, -0.05) is 0 Å². The molecule has 2 amide bonds. The molecule has 0 aromatic carbocycles.